The lowest BCUT2D eigenvalue weighted by Crippen LogP contribution is -2.42. The molecule has 0 bridgehead atoms. The van der Waals surface area contributed by atoms with Gasteiger partial charge in [-0.2, -0.15) is 10.2 Å². The number of aromatic nitrogens is 2. The maximum absolute atomic E-state index is 12.1. The van der Waals surface area contributed by atoms with E-state index in [0.717, 1.165) is 5.56 Å². The summed E-state index contributed by atoms with van der Waals surface area (Å²) < 4.78 is 12.2. The van der Waals surface area contributed by atoms with Gasteiger partial charge in [0.2, 0.25) is 0 Å². The molecule has 2 heterocycles. The number of hydrogen-bond acceptors (Lipinski definition) is 6. The van der Waals surface area contributed by atoms with E-state index in [1.807, 2.05) is 0 Å². The van der Waals surface area contributed by atoms with Crippen LogP contribution in [0.25, 0.3) is 0 Å². The number of halogens is 1. The quantitative estimate of drug-likeness (QED) is 0.572. The summed E-state index contributed by atoms with van der Waals surface area (Å²) in [5, 5.41) is 8.10. The molecule has 0 radical (unpaired) electrons. The van der Waals surface area contributed by atoms with E-state index in [1.165, 1.54) is 17.1 Å². The molecule has 1 aromatic carbocycles. The van der Waals surface area contributed by atoms with E-state index in [0.29, 0.717) is 32.1 Å². The Kier molecular flexibility index (Phi) is 6.62. The maximum atomic E-state index is 12.1. The predicted octanol–water partition coefficient (Wildman–Crippen LogP) is 1.07. The van der Waals surface area contributed by atoms with E-state index >= 15 is 0 Å². The molecule has 1 N–H and O–H groups in total. The van der Waals surface area contributed by atoms with Crippen LogP contribution in [0.3, 0.4) is 0 Å². The first-order chi connectivity index (χ1) is 13.5. The standard InChI is InChI=1S/C18H20ClN5O4/c1-23-11-15(19)17(22-23)18(26)21-20-10-13-2-4-14(5-3-13)28-12-16(25)24-6-8-27-9-7-24/h2-5,10-11H,6-9,12H2,1H3,(H,21,26)/b20-10+. The fourth-order valence-electron chi connectivity index (χ4n) is 2.53. The van der Waals surface area contributed by atoms with Crippen molar-refractivity contribution in [1.82, 2.24) is 20.1 Å². The summed E-state index contributed by atoms with van der Waals surface area (Å²) in [6, 6.07) is 6.98. The second kappa shape index (κ2) is 9.34. The van der Waals surface area contributed by atoms with E-state index in [4.69, 9.17) is 21.1 Å². The molecule has 1 aromatic heterocycles. The highest BCUT2D eigenvalue weighted by Gasteiger charge is 2.17. The molecular formula is C18H20ClN5O4. The van der Waals surface area contributed by atoms with E-state index in [9.17, 15) is 9.59 Å². The molecule has 3 rings (SSSR count). The highest BCUT2D eigenvalue weighted by molar-refractivity contribution is 6.33. The lowest BCUT2D eigenvalue weighted by atomic mass is 10.2. The number of nitrogens with one attached hydrogen (secondary N) is 1. The van der Waals surface area contributed by atoms with Crippen molar-refractivity contribution in [2.45, 2.75) is 0 Å². The average molecular weight is 406 g/mol. The monoisotopic (exact) mass is 405 g/mol. The molecule has 28 heavy (non-hydrogen) atoms. The second-order valence-electron chi connectivity index (χ2n) is 6.05. The van der Waals surface area contributed by atoms with Crippen molar-refractivity contribution >= 4 is 29.6 Å². The first-order valence-electron chi connectivity index (χ1n) is 8.64. The Labute approximate surface area is 166 Å². The summed E-state index contributed by atoms with van der Waals surface area (Å²) in [5.74, 6) is 0.0105. The fourth-order valence-corrected chi connectivity index (χ4v) is 2.80. The predicted molar refractivity (Wildman–Crippen MR) is 103 cm³/mol. The van der Waals surface area contributed by atoms with Gasteiger partial charge < -0.3 is 14.4 Å². The number of carbonyl (C=O) groups excluding carboxylic acids is 2. The molecule has 0 atom stereocenters. The van der Waals surface area contributed by atoms with Crippen LogP contribution in [0.5, 0.6) is 5.75 Å². The Morgan fingerprint density at radius 3 is 2.68 bits per heavy atom. The van der Waals surface area contributed by atoms with Crippen LogP contribution in [-0.4, -0.2) is 65.6 Å². The van der Waals surface area contributed by atoms with Crippen molar-refractivity contribution in [3.63, 3.8) is 0 Å². The van der Waals surface area contributed by atoms with E-state index in [-0.39, 0.29) is 23.2 Å². The van der Waals surface area contributed by atoms with Gasteiger partial charge in [-0.1, -0.05) is 11.6 Å². The number of carbonyl (C=O) groups is 2. The van der Waals surface area contributed by atoms with E-state index in [2.05, 4.69) is 15.6 Å². The van der Waals surface area contributed by atoms with Crippen molar-refractivity contribution in [2.75, 3.05) is 32.9 Å². The Hall–Kier alpha value is -2.91. The molecule has 0 unspecified atom stereocenters. The Morgan fingerprint density at radius 2 is 2.04 bits per heavy atom. The Morgan fingerprint density at radius 1 is 1.32 bits per heavy atom. The SMILES string of the molecule is Cn1cc(Cl)c(C(=O)N/N=C/c2ccc(OCC(=O)N3CCOCC3)cc2)n1. The molecule has 0 aliphatic carbocycles. The van der Waals surface area contributed by atoms with Crippen LogP contribution < -0.4 is 10.2 Å². The number of hydrazone groups is 1. The number of morpholine rings is 1. The van der Waals surface area contributed by atoms with Gasteiger partial charge in [0.15, 0.2) is 12.3 Å². The second-order valence-corrected chi connectivity index (χ2v) is 6.46. The Bertz CT molecular complexity index is 859. The zero-order valence-electron chi connectivity index (χ0n) is 15.3. The van der Waals surface area contributed by atoms with Crippen LogP contribution in [0.1, 0.15) is 16.1 Å². The van der Waals surface area contributed by atoms with Gasteiger partial charge in [0.05, 0.1) is 24.5 Å². The van der Waals surface area contributed by atoms with Crippen LogP contribution in [0.15, 0.2) is 35.6 Å². The largest absolute Gasteiger partial charge is 0.484 e. The minimum atomic E-state index is -0.497. The number of rotatable bonds is 6. The normalized spacial score (nSPS) is 14.3. The van der Waals surface area contributed by atoms with Crippen molar-refractivity contribution in [1.29, 1.82) is 0 Å². The minimum Gasteiger partial charge on any atom is -0.484 e. The lowest BCUT2D eigenvalue weighted by Gasteiger charge is -2.26. The van der Waals surface area contributed by atoms with Gasteiger partial charge in [0.1, 0.15) is 5.75 Å². The van der Waals surface area contributed by atoms with Crippen LogP contribution in [0.2, 0.25) is 5.02 Å². The van der Waals surface area contributed by atoms with Crippen molar-refractivity contribution < 1.29 is 19.1 Å². The Balaban J connectivity index is 1.47. The molecule has 1 saturated heterocycles. The molecule has 2 aromatic rings. The number of benzene rings is 1. The number of ether oxygens (including phenoxy) is 2. The molecule has 1 aliphatic heterocycles. The summed E-state index contributed by atoms with van der Waals surface area (Å²) in [6.45, 7) is 2.28. The first-order valence-corrected chi connectivity index (χ1v) is 9.01. The zero-order valence-corrected chi connectivity index (χ0v) is 16.1. The highest BCUT2D eigenvalue weighted by Crippen LogP contribution is 2.13. The smallest absolute Gasteiger partial charge is 0.293 e. The van der Waals surface area contributed by atoms with Crippen molar-refractivity contribution in [3.05, 3.63) is 46.7 Å². The lowest BCUT2D eigenvalue weighted by molar-refractivity contribution is -0.137. The molecule has 10 heteroatoms. The van der Waals surface area contributed by atoms with Gasteiger partial charge >= 0.3 is 0 Å². The summed E-state index contributed by atoms with van der Waals surface area (Å²) >= 11 is 5.91. The van der Waals surface area contributed by atoms with E-state index in [1.54, 1.807) is 36.2 Å². The highest BCUT2D eigenvalue weighted by atomic mass is 35.5. The van der Waals surface area contributed by atoms with Crippen LogP contribution in [0.4, 0.5) is 0 Å². The third-order valence-corrected chi connectivity index (χ3v) is 4.26. The van der Waals surface area contributed by atoms with Gasteiger partial charge in [-0.25, -0.2) is 5.43 Å². The van der Waals surface area contributed by atoms with E-state index < -0.39 is 5.91 Å². The summed E-state index contributed by atoms with van der Waals surface area (Å²) in [4.78, 5) is 25.7. The number of hydrogen-bond donors (Lipinski definition) is 1. The van der Waals surface area contributed by atoms with Crippen LogP contribution >= 0.6 is 11.6 Å². The van der Waals surface area contributed by atoms with Crippen molar-refractivity contribution in [3.8, 4) is 5.75 Å². The van der Waals surface area contributed by atoms with Gasteiger partial charge in [-0.15, -0.1) is 0 Å². The molecular weight excluding hydrogens is 386 g/mol. The molecule has 148 valence electrons. The molecule has 0 spiro atoms. The van der Waals surface area contributed by atoms with Gasteiger partial charge in [-0.3, -0.25) is 14.3 Å². The molecule has 9 nitrogen and oxygen atoms in total. The third-order valence-electron chi connectivity index (χ3n) is 3.99. The molecule has 1 fully saturated rings. The summed E-state index contributed by atoms with van der Waals surface area (Å²) in [6.07, 6.45) is 3.01. The fraction of sp³-hybridized carbons (Fsp3) is 0.333. The average Bonchev–Trinajstić information content (AvgIpc) is 3.06. The third kappa shape index (κ3) is 5.30. The molecule has 2 amide bonds. The van der Waals surface area contributed by atoms with Gasteiger partial charge in [0, 0.05) is 26.3 Å². The molecule has 0 saturated carbocycles. The van der Waals surface area contributed by atoms with Crippen LogP contribution in [0, 0.1) is 0 Å². The minimum absolute atomic E-state index is 0.0195. The number of aryl methyl sites for hydroxylation is 1. The maximum Gasteiger partial charge on any atom is 0.293 e. The van der Waals surface area contributed by atoms with Crippen LogP contribution in [-0.2, 0) is 16.6 Å². The van der Waals surface area contributed by atoms with Crippen molar-refractivity contribution in [2.24, 2.45) is 12.1 Å². The number of nitrogens with zero attached hydrogens (tertiary/aromatic N) is 4. The number of amides is 2. The van der Waals surface area contributed by atoms with Gasteiger partial charge in [-0.05, 0) is 29.8 Å². The topological polar surface area (TPSA) is 98.0 Å². The summed E-state index contributed by atoms with van der Waals surface area (Å²) in [7, 11) is 1.67. The zero-order chi connectivity index (χ0) is 19.9. The summed E-state index contributed by atoms with van der Waals surface area (Å²) in [5.41, 5.74) is 3.23. The molecule has 1 aliphatic rings. The van der Waals surface area contributed by atoms with Gasteiger partial charge in [0.25, 0.3) is 11.8 Å². The first kappa shape index (κ1) is 19.8.